The van der Waals surface area contributed by atoms with Gasteiger partial charge in [-0.1, -0.05) is 51.1 Å². The van der Waals surface area contributed by atoms with Gasteiger partial charge in [-0.15, -0.1) is 0 Å². The van der Waals surface area contributed by atoms with Crippen molar-refractivity contribution in [3.63, 3.8) is 0 Å². The first kappa shape index (κ1) is 20.5. The second-order valence-electron chi connectivity index (χ2n) is 7.24. The van der Waals surface area contributed by atoms with Crippen molar-refractivity contribution in [2.45, 2.75) is 26.2 Å². The van der Waals surface area contributed by atoms with Gasteiger partial charge in [0, 0.05) is 0 Å². The fourth-order valence-corrected chi connectivity index (χ4v) is 3.58. The van der Waals surface area contributed by atoms with Crippen LogP contribution in [0.1, 0.15) is 31.9 Å². The molecule has 0 aliphatic rings. The number of carbonyl (C=O) groups excluding carboxylic acids is 1. The predicted molar refractivity (Wildman–Crippen MR) is 107 cm³/mol. The predicted octanol–water partition coefficient (Wildman–Crippen LogP) is 3.26. The molecule has 7 heteroatoms. The summed E-state index contributed by atoms with van der Waals surface area (Å²) in [6, 6.07) is 15.7. The van der Waals surface area contributed by atoms with Gasteiger partial charge in [-0.2, -0.15) is 5.26 Å². The van der Waals surface area contributed by atoms with Gasteiger partial charge in [0.2, 0.25) is 15.9 Å². The molecule has 0 bridgehead atoms. The van der Waals surface area contributed by atoms with Crippen LogP contribution in [0.4, 0.5) is 11.4 Å². The Balaban J connectivity index is 2.38. The number of hydrogen-bond donors (Lipinski definition) is 1. The first-order valence-electron chi connectivity index (χ1n) is 8.40. The van der Waals surface area contributed by atoms with Gasteiger partial charge in [-0.3, -0.25) is 9.10 Å². The third-order valence-corrected chi connectivity index (χ3v) is 5.12. The summed E-state index contributed by atoms with van der Waals surface area (Å²) in [7, 11) is -3.70. The van der Waals surface area contributed by atoms with Crippen molar-refractivity contribution >= 4 is 27.3 Å². The van der Waals surface area contributed by atoms with E-state index in [4.69, 9.17) is 5.26 Å². The Morgan fingerprint density at radius 1 is 1.11 bits per heavy atom. The first-order chi connectivity index (χ1) is 12.5. The second kappa shape index (κ2) is 7.80. The normalized spacial score (nSPS) is 11.5. The smallest absolute Gasteiger partial charge is 0.245 e. The van der Waals surface area contributed by atoms with Gasteiger partial charge >= 0.3 is 0 Å². The van der Waals surface area contributed by atoms with Gasteiger partial charge < -0.3 is 5.32 Å². The molecule has 0 saturated heterocycles. The molecule has 142 valence electrons. The summed E-state index contributed by atoms with van der Waals surface area (Å²) < 4.78 is 25.9. The number of carbonyl (C=O) groups is 1. The summed E-state index contributed by atoms with van der Waals surface area (Å²) in [5, 5.41) is 11.8. The average Bonchev–Trinajstić information content (AvgIpc) is 2.58. The highest BCUT2D eigenvalue weighted by molar-refractivity contribution is 7.92. The van der Waals surface area contributed by atoms with E-state index in [2.05, 4.69) is 5.32 Å². The van der Waals surface area contributed by atoms with Crippen LogP contribution in [0, 0.1) is 11.3 Å². The van der Waals surface area contributed by atoms with Crippen molar-refractivity contribution in [2.24, 2.45) is 0 Å². The molecule has 0 unspecified atom stereocenters. The monoisotopic (exact) mass is 385 g/mol. The van der Waals surface area contributed by atoms with E-state index < -0.39 is 15.9 Å². The molecule has 0 aliphatic heterocycles. The van der Waals surface area contributed by atoms with Crippen LogP contribution in [0.25, 0.3) is 0 Å². The standard InChI is InChI=1S/C20H23N3O3S/c1-20(2,3)16-10-6-8-12-18(16)23(27(4,25)26)14-19(24)22-17-11-7-5-9-15(17)13-21/h5-12H,14H2,1-4H3,(H,22,24). The van der Waals surface area contributed by atoms with Crippen LogP contribution in [0.5, 0.6) is 0 Å². The topological polar surface area (TPSA) is 90.3 Å². The Labute approximate surface area is 160 Å². The summed E-state index contributed by atoms with van der Waals surface area (Å²) in [5.74, 6) is -0.521. The van der Waals surface area contributed by atoms with Crippen LogP contribution in [0.15, 0.2) is 48.5 Å². The van der Waals surface area contributed by atoms with Crippen molar-refractivity contribution in [2.75, 3.05) is 22.4 Å². The van der Waals surface area contributed by atoms with Crippen LogP contribution < -0.4 is 9.62 Å². The average molecular weight is 385 g/mol. The molecule has 2 aromatic carbocycles. The third kappa shape index (κ3) is 5.08. The van der Waals surface area contributed by atoms with Crippen molar-refractivity contribution in [3.8, 4) is 6.07 Å². The summed E-state index contributed by atoms with van der Waals surface area (Å²) in [4.78, 5) is 12.5. The molecular formula is C20H23N3O3S. The zero-order valence-electron chi connectivity index (χ0n) is 15.9. The lowest BCUT2D eigenvalue weighted by Crippen LogP contribution is -2.38. The van der Waals surface area contributed by atoms with E-state index in [0.717, 1.165) is 16.1 Å². The van der Waals surface area contributed by atoms with E-state index in [-0.39, 0.29) is 12.0 Å². The Kier molecular flexibility index (Phi) is 5.91. The summed E-state index contributed by atoms with van der Waals surface area (Å²) >= 11 is 0. The van der Waals surface area contributed by atoms with Gasteiger partial charge in [-0.25, -0.2) is 8.42 Å². The van der Waals surface area contributed by atoms with Gasteiger partial charge in [0.1, 0.15) is 12.6 Å². The van der Waals surface area contributed by atoms with Gasteiger partial charge in [0.15, 0.2) is 0 Å². The van der Waals surface area contributed by atoms with E-state index in [1.54, 1.807) is 36.4 Å². The maximum atomic E-state index is 12.5. The molecule has 0 saturated carbocycles. The Morgan fingerprint density at radius 2 is 1.70 bits per heavy atom. The number of benzene rings is 2. The van der Waals surface area contributed by atoms with E-state index in [9.17, 15) is 13.2 Å². The maximum Gasteiger partial charge on any atom is 0.245 e. The quantitative estimate of drug-likeness (QED) is 0.855. The van der Waals surface area contributed by atoms with Crippen molar-refractivity contribution in [3.05, 3.63) is 59.7 Å². The second-order valence-corrected chi connectivity index (χ2v) is 9.15. The molecular weight excluding hydrogens is 362 g/mol. The highest BCUT2D eigenvalue weighted by Crippen LogP contribution is 2.33. The van der Waals surface area contributed by atoms with Crippen LogP contribution >= 0.6 is 0 Å². The van der Waals surface area contributed by atoms with Crippen LogP contribution in [-0.4, -0.2) is 27.1 Å². The molecule has 1 amide bonds. The number of sulfonamides is 1. The number of nitrogens with one attached hydrogen (secondary N) is 1. The molecule has 6 nitrogen and oxygen atoms in total. The van der Waals surface area contributed by atoms with Gasteiger partial charge in [0.25, 0.3) is 0 Å². The minimum absolute atomic E-state index is 0.302. The molecule has 0 spiro atoms. The molecule has 0 aliphatic carbocycles. The SMILES string of the molecule is CC(C)(C)c1ccccc1N(CC(=O)Nc1ccccc1C#N)S(C)(=O)=O. The zero-order valence-corrected chi connectivity index (χ0v) is 16.7. The number of amides is 1. The molecule has 0 atom stereocenters. The van der Waals surface area contributed by atoms with E-state index >= 15 is 0 Å². The molecule has 2 rings (SSSR count). The number of para-hydroxylation sites is 2. The first-order valence-corrected chi connectivity index (χ1v) is 10.2. The Hall–Kier alpha value is -2.85. The number of nitriles is 1. The zero-order chi connectivity index (χ0) is 20.2. The minimum atomic E-state index is -3.70. The highest BCUT2D eigenvalue weighted by Gasteiger charge is 2.27. The highest BCUT2D eigenvalue weighted by atomic mass is 32.2. The Bertz CT molecular complexity index is 986. The number of anilines is 2. The lowest BCUT2D eigenvalue weighted by molar-refractivity contribution is -0.114. The summed E-state index contributed by atoms with van der Waals surface area (Å²) in [6.07, 6.45) is 1.07. The Morgan fingerprint density at radius 3 is 2.30 bits per heavy atom. The number of rotatable bonds is 5. The molecule has 0 heterocycles. The third-order valence-electron chi connectivity index (χ3n) is 3.99. The molecule has 2 aromatic rings. The van der Waals surface area contributed by atoms with E-state index in [1.165, 1.54) is 0 Å². The molecule has 27 heavy (non-hydrogen) atoms. The van der Waals surface area contributed by atoms with Crippen LogP contribution in [0.2, 0.25) is 0 Å². The number of nitrogens with zero attached hydrogens (tertiary/aromatic N) is 2. The van der Waals surface area contributed by atoms with Crippen LogP contribution in [-0.2, 0) is 20.2 Å². The fraction of sp³-hybridized carbons (Fsp3) is 0.300. The molecule has 1 N–H and O–H groups in total. The van der Waals surface area contributed by atoms with Crippen LogP contribution in [0.3, 0.4) is 0 Å². The lowest BCUT2D eigenvalue weighted by Gasteiger charge is -2.29. The van der Waals surface area contributed by atoms with Crippen molar-refractivity contribution in [1.82, 2.24) is 0 Å². The summed E-state index contributed by atoms with van der Waals surface area (Å²) in [6.45, 7) is 5.56. The van der Waals surface area contributed by atoms with Gasteiger partial charge in [-0.05, 0) is 29.2 Å². The van der Waals surface area contributed by atoms with Gasteiger partial charge in [0.05, 0.1) is 23.2 Å². The minimum Gasteiger partial charge on any atom is -0.323 e. The van der Waals surface area contributed by atoms with Crippen molar-refractivity contribution in [1.29, 1.82) is 5.26 Å². The lowest BCUT2D eigenvalue weighted by atomic mass is 9.86. The maximum absolute atomic E-state index is 12.5. The molecule has 0 fully saturated rings. The van der Waals surface area contributed by atoms with E-state index in [1.807, 2.05) is 39.0 Å². The van der Waals surface area contributed by atoms with Crippen molar-refractivity contribution < 1.29 is 13.2 Å². The summed E-state index contributed by atoms with van der Waals surface area (Å²) in [5.41, 5.74) is 1.65. The largest absolute Gasteiger partial charge is 0.323 e. The van der Waals surface area contributed by atoms with E-state index in [0.29, 0.717) is 16.9 Å². The number of hydrogen-bond acceptors (Lipinski definition) is 4. The molecule has 0 aromatic heterocycles. The molecule has 0 radical (unpaired) electrons. The fourth-order valence-electron chi connectivity index (χ4n) is 2.72.